The molecule has 0 aromatic carbocycles. The molecule has 1 atom stereocenters. The number of hydrogen-bond acceptors (Lipinski definition) is 4. The first-order chi connectivity index (χ1) is 6.91. The molecule has 6 N–H and O–H groups in total. The Labute approximate surface area is 90.6 Å². The van der Waals surface area contributed by atoms with Gasteiger partial charge in [-0.25, -0.2) is 0 Å². The van der Waals surface area contributed by atoms with Crippen LogP contribution < -0.4 is 11.5 Å². The van der Waals surface area contributed by atoms with E-state index in [0.717, 1.165) is 25.7 Å². The molecule has 2 aliphatic carbocycles. The van der Waals surface area contributed by atoms with E-state index in [2.05, 4.69) is 0 Å². The predicted octanol–water partition coefficient (Wildman–Crippen LogP) is 0.210. The van der Waals surface area contributed by atoms with Crippen molar-refractivity contribution in [2.45, 2.75) is 68.2 Å². The maximum Gasteiger partial charge on any atom is 0.124 e. The van der Waals surface area contributed by atoms with E-state index in [9.17, 15) is 10.2 Å². The molecule has 0 aromatic rings. The minimum atomic E-state index is -1.29. The summed E-state index contributed by atoms with van der Waals surface area (Å²) in [6, 6.07) is 0. The fraction of sp³-hybridized carbons (Fsp3) is 1.00. The first kappa shape index (κ1) is 11.3. The molecule has 0 radical (unpaired) electrons. The van der Waals surface area contributed by atoms with Gasteiger partial charge in [-0.3, -0.25) is 0 Å². The molecule has 4 heteroatoms. The highest BCUT2D eigenvalue weighted by atomic mass is 16.4. The van der Waals surface area contributed by atoms with E-state index in [-0.39, 0.29) is 0 Å². The number of hydrogen-bond donors (Lipinski definition) is 4. The zero-order valence-electron chi connectivity index (χ0n) is 9.21. The average Bonchev–Trinajstić information content (AvgIpc) is 2.44. The predicted molar refractivity (Wildman–Crippen MR) is 57.9 cm³/mol. The summed E-state index contributed by atoms with van der Waals surface area (Å²) in [4.78, 5) is 0. The number of nitrogens with two attached hydrogens (primary N) is 2. The van der Waals surface area contributed by atoms with Crippen LogP contribution in [-0.2, 0) is 0 Å². The van der Waals surface area contributed by atoms with E-state index >= 15 is 0 Å². The molecular weight excluding hydrogens is 192 g/mol. The molecule has 2 fully saturated rings. The second kappa shape index (κ2) is 3.42. The van der Waals surface area contributed by atoms with Gasteiger partial charge in [-0.05, 0) is 32.1 Å². The van der Waals surface area contributed by atoms with Gasteiger partial charge < -0.3 is 21.7 Å². The zero-order chi connectivity index (χ0) is 11.2. The van der Waals surface area contributed by atoms with Gasteiger partial charge in [0.25, 0.3) is 0 Å². The SMILES string of the molecule is NC1(N)CCCC1(O)C1(O)CCCCC1. The Balaban J connectivity index is 2.27. The Bertz CT molecular complexity index is 249. The lowest BCUT2D eigenvalue weighted by Crippen LogP contribution is -2.73. The third-order valence-electron chi connectivity index (χ3n) is 4.35. The summed E-state index contributed by atoms with van der Waals surface area (Å²) >= 11 is 0. The van der Waals surface area contributed by atoms with Crippen LogP contribution >= 0.6 is 0 Å². The summed E-state index contributed by atoms with van der Waals surface area (Å²) in [6.45, 7) is 0. The van der Waals surface area contributed by atoms with Crippen molar-refractivity contribution in [1.29, 1.82) is 0 Å². The summed E-state index contributed by atoms with van der Waals surface area (Å²) in [5.74, 6) is 0. The van der Waals surface area contributed by atoms with Crippen LogP contribution in [0.4, 0.5) is 0 Å². The van der Waals surface area contributed by atoms with Crippen molar-refractivity contribution in [1.82, 2.24) is 0 Å². The van der Waals surface area contributed by atoms with Gasteiger partial charge in [0.2, 0.25) is 0 Å². The molecule has 2 saturated carbocycles. The minimum absolute atomic E-state index is 0.524. The third kappa shape index (κ3) is 1.51. The molecular formula is C11H22N2O2. The molecule has 2 rings (SSSR count). The topological polar surface area (TPSA) is 92.5 Å². The second-order valence-corrected chi connectivity index (χ2v) is 5.35. The normalized spacial score (nSPS) is 39.2. The smallest absolute Gasteiger partial charge is 0.124 e. The number of aliphatic hydroxyl groups is 2. The van der Waals surface area contributed by atoms with Gasteiger partial charge in [0, 0.05) is 0 Å². The van der Waals surface area contributed by atoms with Crippen LogP contribution in [0.15, 0.2) is 0 Å². The van der Waals surface area contributed by atoms with Crippen LogP contribution in [0.3, 0.4) is 0 Å². The summed E-state index contributed by atoms with van der Waals surface area (Å²) in [5, 5.41) is 21.2. The Morgan fingerprint density at radius 3 is 1.80 bits per heavy atom. The maximum absolute atomic E-state index is 10.6. The molecule has 0 saturated heterocycles. The summed E-state index contributed by atoms with van der Waals surface area (Å²) in [6.07, 6.45) is 6.19. The highest BCUT2D eigenvalue weighted by molar-refractivity contribution is 5.15. The molecule has 0 aliphatic heterocycles. The van der Waals surface area contributed by atoms with Crippen LogP contribution in [0.25, 0.3) is 0 Å². The lowest BCUT2D eigenvalue weighted by molar-refractivity contribution is -0.191. The first-order valence-corrected chi connectivity index (χ1v) is 5.94. The van der Waals surface area contributed by atoms with E-state index in [1.165, 1.54) is 0 Å². The molecule has 88 valence electrons. The van der Waals surface area contributed by atoms with Gasteiger partial charge in [0.1, 0.15) is 5.60 Å². The van der Waals surface area contributed by atoms with Crippen molar-refractivity contribution in [3.05, 3.63) is 0 Å². The molecule has 15 heavy (non-hydrogen) atoms. The summed E-state index contributed by atoms with van der Waals surface area (Å²) in [5.41, 5.74) is 8.40. The van der Waals surface area contributed by atoms with Gasteiger partial charge >= 0.3 is 0 Å². The minimum Gasteiger partial charge on any atom is -0.387 e. The lowest BCUT2D eigenvalue weighted by Gasteiger charge is -2.50. The second-order valence-electron chi connectivity index (χ2n) is 5.35. The molecule has 1 unspecified atom stereocenters. The van der Waals surface area contributed by atoms with Gasteiger partial charge in [0.05, 0.1) is 11.3 Å². The van der Waals surface area contributed by atoms with E-state index in [1.54, 1.807) is 0 Å². The molecule has 0 aromatic heterocycles. The maximum atomic E-state index is 10.6. The van der Waals surface area contributed by atoms with Crippen LogP contribution in [-0.4, -0.2) is 27.1 Å². The fourth-order valence-electron chi connectivity index (χ4n) is 3.29. The summed E-state index contributed by atoms with van der Waals surface area (Å²) < 4.78 is 0. The standard InChI is InChI=1S/C11H22N2O2/c12-11(13)8-4-7-10(11,15)9(14)5-2-1-3-6-9/h14-15H,1-8,12-13H2. The molecule has 2 aliphatic rings. The molecule has 0 bridgehead atoms. The van der Waals surface area contributed by atoms with Gasteiger partial charge in [-0.15, -0.1) is 0 Å². The lowest BCUT2D eigenvalue weighted by atomic mass is 9.68. The van der Waals surface area contributed by atoms with Gasteiger partial charge in [0.15, 0.2) is 0 Å². The number of rotatable bonds is 1. The van der Waals surface area contributed by atoms with Gasteiger partial charge in [-0.2, -0.15) is 0 Å². The van der Waals surface area contributed by atoms with Crippen molar-refractivity contribution in [2.24, 2.45) is 11.5 Å². The Kier molecular flexibility index (Phi) is 2.58. The van der Waals surface area contributed by atoms with Crippen LogP contribution in [0.5, 0.6) is 0 Å². The third-order valence-corrected chi connectivity index (χ3v) is 4.35. The van der Waals surface area contributed by atoms with Crippen molar-refractivity contribution in [3.63, 3.8) is 0 Å². The van der Waals surface area contributed by atoms with Crippen molar-refractivity contribution < 1.29 is 10.2 Å². The monoisotopic (exact) mass is 214 g/mol. The van der Waals surface area contributed by atoms with Gasteiger partial charge in [-0.1, -0.05) is 19.3 Å². The molecule has 0 heterocycles. The van der Waals surface area contributed by atoms with E-state index in [1.807, 2.05) is 0 Å². The van der Waals surface area contributed by atoms with Crippen molar-refractivity contribution in [2.75, 3.05) is 0 Å². The average molecular weight is 214 g/mol. The Morgan fingerprint density at radius 2 is 1.33 bits per heavy atom. The molecule has 4 nitrogen and oxygen atoms in total. The summed E-state index contributed by atoms with van der Waals surface area (Å²) in [7, 11) is 0. The largest absolute Gasteiger partial charge is 0.387 e. The van der Waals surface area contributed by atoms with E-state index < -0.39 is 16.9 Å². The van der Waals surface area contributed by atoms with E-state index in [4.69, 9.17) is 11.5 Å². The molecule has 0 spiro atoms. The molecule has 0 amide bonds. The highest BCUT2D eigenvalue weighted by Crippen LogP contribution is 2.47. The first-order valence-electron chi connectivity index (χ1n) is 5.94. The van der Waals surface area contributed by atoms with Crippen LogP contribution in [0, 0.1) is 0 Å². The van der Waals surface area contributed by atoms with Crippen LogP contribution in [0.2, 0.25) is 0 Å². The fourth-order valence-corrected chi connectivity index (χ4v) is 3.29. The Hall–Kier alpha value is -0.160. The van der Waals surface area contributed by atoms with Crippen molar-refractivity contribution in [3.8, 4) is 0 Å². The van der Waals surface area contributed by atoms with E-state index in [0.29, 0.717) is 25.7 Å². The quantitative estimate of drug-likeness (QED) is 0.469. The zero-order valence-corrected chi connectivity index (χ0v) is 9.21. The highest BCUT2D eigenvalue weighted by Gasteiger charge is 2.61. The van der Waals surface area contributed by atoms with Crippen LogP contribution in [0.1, 0.15) is 51.4 Å². The van der Waals surface area contributed by atoms with Crippen molar-refractivity contribution >= 4 is 0 Å². The Morgan fingerprint density at radius 1 is 0.733 bits per heavy atom.